The minimum absolute atomic E-state index is 2.00. The Morgan fingerprint density at radius 1 is 0.583 bits per heavy atom. The van der Waals surface area contributed by atoms with Crippen LogP contribution in [0.15, 0.2) is 25.3 Å². The van der Waals surface area contributed by atoms with Gasteiger partial charge in [-0.3, -0.25) is 0 Å². The first kappa shape index (κ1) is 30.0. The average Bonchev–Trinajstić information content (AvgIpc) is 2.29. The zero-order valence-corrected chi connectivity index (χ0v) is 10.6. The Hall–Kier alpha value is -0.520. The maximum atomic E-state index is 3.00. The minimum Gasteiger partial charge on any atom is -0.106 e. The lowest BCUT2D eigenvalue weighted by molar-refractivity contribution is 1.50. The number of hydrogen-bond donors (Lipinski definition) is 0. The molecule has 0 aliphatic carbocycles. The van der Waals surface area contributed by atoms with Gasteiger partial charge in [0.05, 0.1) is 0 Å². The van der Waals surface area contributed by atoms with E-state index in [1.165, 1.54) is 0 Å². The number of hydrogen-bond acceptors (Lipinski definition) is 0. The lowest BCUT2D eigenvalue weighted by Gasteiger charge is -1.49. The molecule has 0 saturated carbocycles. The van der Waals surface area contributed by atoms with Gasteiger partial charge in [-0.2, -0.15) is 0 Å². The van der Waals surface area contributed by atoms with E-state index in [1.807, 2.05) is 67.5 Å². The van der Waals surface area contributed by atoms with E-state index in [-0.39, 0.29) is 0 Å². The van der Waals surface area contributed by atoms with Crippen LogP contribution in [0.2, 0.25) is 0 Å². The molecule has 0 aliphatic heterocycles. The summed E-state index contributed by atoms with van der Waals surface area (Å²) in [4.78, 5) is 0. The third kappa shape index (κ3) is 2960. The Kier molecular flexibility index (Phi) is 1080. The molecule has 0 aliphatic rings. The molecule has 0 radical (unpaired) electrons. The van der Waals surface area contributed by atoms with Crippen LogP contribution >= 0.6 is 0 Å². The smallest absolute Gasteiger partial charge is 0.0470 e. The van der Waals surface area contributed by atoms with Crippen molar-refractivity contribution in [1.82, 2.24) is 0 Å². The molecule has 0 spiro atoms. The molecule has 0 bridgehead atoms. The zero-order chi connectivity index (χ0) is 11.4. The summed E-state index contributed by atoms with van der Waals surface area (Å²) in [5.74, 6) is 0. The normalized spacial score (nSPS) is 5.00. The summed E-state index contributed by atoms with van der Waals surface area (Å²) in [6.45, 7) is 22.0. The van der Waals surface area contributed by atoms with Crippen LogP contribution in [0.1, 0.15) is 55.4 Å². The molecule has 0 saturated heterocycles. The molecule has 0 aromatic rings. The standard InChI is InChI=1S/C4H8.3C2H6.C2H4/c1-3-4-2;4*1-2/h3-4H,1-2H3;3*1-2H3;1-2H2/b4-3+;;;;. The summed E-state index contributed by atoms with van der Waals surface area (Å²) in [7, 11) is 0. The average molecular weight is 174 g/mol. The molecule has 0 unspecified atom stereocenters. The fraction of sp³-hybridized carbons (Fsp3) is 0.667. The summed E-state index contributed by atoms with van der Waals surface area (Å²) < 4.78 is 0. The summed E-state index contributed by atoms with van der Waals surface area (Å²) in [6, 6.07) is 0. The van der Waals surface area contributed by atoms with E-state index in [0.29, 0.717) is 0 Å². The summed E-state index contributed by atoms with van der Waals surface area (Å²) in [6.07, 6.45) is 4.00. The highest BCUT2D eigenvalue weighted by Gasteiger charge is 1.34. The highest BCUT2D eigenvalue weighted by molar-refractivity contribution is 4.68. The molecule has 12 heavy (non-hydrogen) atoms. The first-order valence-corrected chi connectivity index (χ1v) is 4.99. The van der Waals surface area contributed by atoms with Gasteiger partial charge < -0.3 is 0 Å². The quantitative estimate of drug-likeness (QED) is 0.428. The largest absolute Gasteiger partial charge is 0.106 e. The predicted molar refractivity (Wildman–Crippen MR) is 65.8 cm³/mol. The maximum Gasteiger partial charge on any atom is -0.0470 e. The lowest BCUT2D eigenvalue weighted by atomic mass is 10.6. The molecule has 0 heteroatoms. The van der Waals surface area contributed by atoms with E-state index in [2.05, 4.69) is 13.2 Å². The van der Waals surface area contributed by atoms with Crippen molar-refractivity contribution < 1.29 is 0 Å². The van der Waals surface area contributed by atoms with Crippen molar-refractivity contribution in [2.75, 3.05) is 0 Å². The molecule has 0 fully saturated rings. The van der Waals surface area contributed by atoms with Gasteiger partial charge in [0.15, 0.2) is 0 Å². The topological polar surface area (TPSA) is 0 Å². The van der Waals surface area contributed by atoms with Crippen molar-refractivity contribution in [1.29, 1.82) is 0 Å². The Morgan fingerprint density at radius 2 is 0.667 bits per heavy atom. The van der Waals surface area contributed by atoms with E-state index >= 15 is 0 Å². The molecule has 0 aromatic heterocycles. The van der Waals surface area contributed by atoms with E-state index in [9.17, 15) is 0 Å². The van der Waals surface area contributed by atoms with Crippen LogP contribution < -0.4 is 0 Å². The summed E-state index contributed by atoms with van der Waals surface area (Å²) >= 11 is 0. The summed E-state index contributed by atoms with van der Waals surface area (Å²) in [5.41, 5.74) is 0. The van der Waals surface area contributed by atoms with Gasteiger partial charge in [0.1, 0.15) is 0 Å². The van der Waals surface area contributed by atoms with E-state index in [4.69, 9.17) is 0 Å². The monoisotopic (exact) mass is 174 g/mol. The molecule has 78 valence electrons. The van der Waals surface area contributed by atoms with Gasteiger partial charge in [-0.1, -0.05) is 53.7 Å². The first-order chi connectivity index (χ1) is 5.91. The number of allylic oxidation sites excluding steroid dienone is 2. The van der Waals surface area contributed by atoms with Crippen LogP contribution in [-0.4, -0.2) is 0 Å². The molecular weight excluding hydrogens is 144 g/mol. The molecule has 0 aromatic carbocycles. The van der Waals surface area contributed by atoms with E-state index < -0.39 is 0 Å². The van der Waals surface area contributed by atoms with Crippen LogP contribution in [0.4, 0.5) is 0 Å². The van der Waals surface area contributed by atoms with Crippen LogP contribution in [-0.2, 0) is 0 Å². The van der Waals surface area contributed by atoms with Gasteiger partial charge in [0.25, 0.3) is 0 Å². The van der Waals surface area contributed by atoms with Crippen LogP contribution in [0, 0.1) is 0 Å². The van der Waals surface area contributed by atoms with Gasteiger partial charge in [-0.05, 0) is 13.8 Å². The molecule has 0 heterocycles. The fourth-order valence-electron chi connectivity index (χ4n) is 0. The van der Waals surface area contributed by atoms with Crippen LogP contribution in [0.3, 0.4) is 0 Å². The second-order valence-corrected chi connectivity index (χ2v) is 0.667. The van der Waals surface area contributed by atoms with Crippen molar-refractivity contribution in [3.8, 4) is 0 Å². The summed E-state index contributed by atoms with van der Waals surface area (Å²) in [5, 5.41) is 0. The first-order valence-electron chi connectivity index (χ1n) is 4.99. The SMILES string of the molecule is C/C=C/C.C=C.CC.CC.CC. The van der Waals surface area contributed by atoms with E-state index in [0.717, 1.165) is 0 Å². The molecule has 0 atom stereocenters. The van der Waals surface area contributed by atoms with Gasteiger partial charge >= 0.3 is 0 Å². The van der Waals surface area contributed by atoms with Crippen molar-refractivity contribution in [3.63, 3.8) is 0 Å². The van der Waals surface area contributed by atoms with Crippen molar-refractivity contribution in [2.24, 2.45) is 0 Å². The van der Waals surface area contributed by atoms with Crippen molar-refractivity contribution in [2.45, 2.75) is 55.4 Å². The van der Waals surface area contributed by atoms with Crippen molar-refractivity contribution >= 4 is 0 Å². The lowest BCUT2D eigenvalue weighted by Crippen LogP contribution is -1.26. The van der Waals surface area contributed by atoms with Crippen molar-refractivity contribution in [3.05, 3.63) is 25.3 Å². The van der Waals surface area contributed by atoms with Gasteiger partial charge in [0, 0.05) is 0 Å². The molecule has 0 N–H and O–H groups in total. The predicted octanol–water partition coefficient (Wildman–Crippen LogP) is 5.46. The van der Waals surface area contributed by atoms with E-state index in [1.54, 1.807) is 0 Å². The minimum atomic E-state index is 2.00. The number of rotatable bonds is 0. The molecular formula is C12H30. The molecule has 0 rings (SSSR count). The second kappa shape index (κ2) is 430. The second-order valence-electron chi connectivity index (χ2n) is 0.667. The Morgan fingerprint density at radius 3 is 0.667 bits per heavy atom. The highest BCUT2D eigenvalue weighted by Crippen LogP contribution is 1.57. The van der Waals surface area contributed by atoms with Gasteiger partial charge in [-0.15, -0.1) is 13.2 Å². The fourth-order valence-corrected chi connectivity index (χ4v) is 0. The maximum absolute atomic E-state index is 3.00. The van der Waals surface area contributed by atoms with Gasteiger partial charge in [-0.25, -0.2) is 0 Å². The van der Waals surface area contributed by atoms with Crippen LogP contribution in [0.25, 0.3) is 0 Å². The highest BCUT2D eigenvalue weighted by atomic mass is 13.4. The third-order valence-electron chi connectivity index (χ3n) is 0.333. The Bertz CT molecular complexity index is 23.0. The van der Waals surface area contributed by atoms with Crippen LogP contribution in [0.5, 0.6) is 0 Å². The Balaban J connectivity index is -0.0000000181. The third-order valence-corrected chi connectivity index (χ3v) is 0.333. The molecule has 0 amide bonds. The Labute approximate surface area is 81.4 Å². The van der Waals surface area contributed by atoms with Gasteiger partial charge in [0.2, 0.25) is 0 Å². The zero-order valence-electron chi connectivity index (χ0n) is 10.6. The molecule has 0 nitrogen and oxygen atoms in total.